The van der Waals surface area contributed by atoms with Crippen molar-refractivity contribution in [2.75, 3.05) is 22.6 Å². The molecule has 1 aliphatic heterocycles. The minimum atomic E-state index is -3.05. The molecule has 0 aromatic heterocycles. The number of anilines is 2. The second kappa shape index (κ2) is 4.61. The molecular formula is C12H16N2O3S. The first-order valence-electron chi connectivity index (χ1n) is 5.71. The van der Waals surface area contributed by atoms with Gasteiger partial charge in [0.05, 0.1) is 17.1 Å². The molecule has 0 spiro atoms. The molecule has 18 heavy (non-hydrogen) atoms. The highest BCUT2D eigenvalue weighted by Crippen LogP contribution is 2.28. The van der Waals surface area contributed by atoms with Crippen LogP contribution < -0.4 is 10.6 Å². The summed E-state index contributed by atoms with van der Waals surface area (Å²) in [7, 11) is -3.05. The zero-order chi connectivity index (χ0) is 13.3. The third-order valence-electron chi connectivity index (χ3n) is 2.86. The van der Waals surface area contributed by atoms with Crippen molar-refractivity contribution < 1.29 is 13.2 Å². The third kappa shape index (κ3) is 3.01. The molecule has 1 heterocycles. The number of nitrogens with one attached hydrogen (secondary N) is 2. The third-order valence-corrected chi connectivity index (χ3v) is 3.83. The van der Waals surface area contributed by atoms with Gasteiger partial charge in [0.15, 0.2) is 0 Å². The van der Waals surface area contributed by atoms with Crippen LogP contribution in [0.5, 0.6) is 0 Å². The van der Waals surface area contributed by atoms with E-state index >= 15 is 0 Å². The first kappa shape index (κ1) is 12.9. The number of carbonyl (C=O) groups excluding carboxylic acids is 1. The van der Waals surface area contributed by atoms with Crippen LogP contribution in [0.15, 0.2) is 18.2 Å². The number of benzene rings is 1. The van der Waals surface area contributed by atoms with Gasteiger partial charge >= 0.3 is 0 Å². The zero-order valence-corrected chi connectivity index (χ0v) is 11.2. The highest BCUT2D eigenvalue weighted by molar-refractivity contribution is 7.90. The van der Waals surface area contributed by atoms with Crippen molar-refractivity contribution in [2.24, 2.45) is 0 Å². The molecule has 2 N–H and O–H groups in total. The molecule has 1 amide bonds. The second-order valence-electron chi connectivity index (χ2n) is 4.65. The maximum absolute atomic E-state index is 11.8. The van der Waals surface area contributed by atoms with E-state index in [0.717, 1.165) is 16.9 Å². The molecule has 1 atom stereocenters. The SMILES string of the molecule is Cc1ccc2c(c1)NC(CCS(C)(=O)=O)C(=O)N2. The van der Waals surface area contributed by atoms with Gasteiger partial charge in [-0.25, -0.2) is 8.42 Å². The molecule has 0 aliphatic carbocycles. The van der Waals surface area contributed by atoms with E-state index in [1.807, 2.05) is 25.1 Å². The molecule has 1 aromatic carbocycles. The lowest BCUT2D eigenvalue weighted by atomic mass is 10.1. The summed E-state index contributed by atoms with van der Waals surface area (Å²) in [5.41, 5.74) is 2.66. The molecule has 1 aliphatic rings. The standard InChI is InChI=1S/C12H16N2O3S/c1-8-3-4-9-11(7-8)13-10(12(15)14-9)5-6-18(2,16)17/h3-4,7,10,13H,5-6H2,1-2H3,(H,14,15). The van der Waals surface area contributed by atoms with Crippen LogP contribution >= 0.6 is 0 Å². The van der Waals surface area contributed by atoms with Crippen LogP contribution in [0.4, 0.5) is 11.4 Å². The first-order chi connectivity index (χ1) is 8.35. The summed E-state index contributed by atoms with van der Waals surface area (Å²) in [6, 6.07) is 5.19. The van der Waals surface area contributed by atoms with E-state index in [1.165, 1.54) is 6.26 Å². The summed E-state index contributed by atoms with van der Waals surface area (Å²) in [6.45, 7) is 1.96. The lowest BCUT2D eigenvalue weighted by Crippen LogP contribution is -2.40. The number of sulfone groups is 1. The van der Waals surface area contributed by atoms with Gasteiger partial charge in [-0.3, -0.25) is 4.79 Å². The van der Waals surface area contributed by atoms with Crippen molar-refractivity contribution in [3.63, 3.8) is 0 Å². The minimum Gasteiger partial charge on any atom is -0.372 e. The van der Waals surface area contributed by atoms with Crippen LogP contribution in [-0.4, -0.2) is 32.4 Å². The Labute approximate surface area is 107 Å². The Bertz CT molecular complexity index is 581. The van der Waals surface area contributed by atoms with Crippen molar-refractivity contribution in [1.29, 1.82) is 0 Å². The predicted molar refractivity (Wildman–Crippen MR) is 71.5 cm³/mol. The molecule has 98 valence electrons. The number of hydrogen-bond acceptors (Lipinski definition) is 4. The molecule has 2 rings (SSSR count). The molecule has 6 heteroatoms. The Hall–Kier alpha value is -1.56. The van der Waals surface area contributed by atoms with Gasteiger partial charge in [-0.2, -0.15) is 0 Å². The fraction of sp³-hybridized carbons (Fsp3) is 0.417. The fourth-order valence-corrected chi connectivity index (χ4v) is 2.56. The van der Waals surface area contributed by atoms with Crippen molar-refractivity contribution in [3.05, 3.63) is 23.8 Å². The van der Waals surface area contributed by atoms with E-state index in [0.29, 0.717) is 0 Å². The second-order valence-corrected chi connectivity index (χ2v) is 6.91. The number of aryl methyl sites for hydroxylation is 1. The van der Waals surface area contributed by atoms with Crippen LogP contribution in [0.3, 0.4) is 0 Å². The van der Waals surface area contributed by atoms with E-state index in [-0.39, 0.29) is 18.1 Å². The van der Waals surface area contributed by atoms with Gasteiger partial charge in [0, 0.05) is 6.26 Å². The maximum atomic E-state index is 11.8. The summed E-state index contributed by atoms with van der Waals surface area (Å²) in [6.07, 6.45) is 1.45. The van der Waals surface area contributed by atoms with Crippen molar-refractivity contribution in [2.45, 2.75) is 19.4 Å². The topological polar surface area (TPSA) is 75.3 Å². The van der Waals surface area contributed by atoms with Crippen LogP contribution in [0, 0.1) is 6.92 Å². The lowest BCUT2D eigenvalue weighted by molar-refractivity contribution is -0.117. The Kier molecular flexibility index (Phi) is 3.30. The molecule has 0 bridgehead atoms. The lowest BCUT2D eigenvalue weighted by Gasteiger charge is -2.26. The number of carbonyl (C=O) groups is 1. The number of hydrogen-bond donors (Lipinski definition) is 2. The normalized spacial score (nSPS) is 18.8. The molecule has 0 saturated heterocycles. The first-order valence-corrected chi connectivity index (χ1v) is 7.77. The highest BCUT2D eigenvalue weighted by atomic mass is 32.2. The highest BCUT2D eigenvalue weighted by Gasteiger charge is 2.26. The van der Waals surface area contributed by atoms with E-state index in [2.05, 4.69) is 10.6 Å². The van der Waals surface area contributed by atoms with Gasteiger partial charge in [0.1, 0.15) is 15.9 Å². The fourth-order valence-electron chi connectivity index (χ4n) is 1.89. The van der Waals surface area contributed by atoms with E-state index in [9.17, 15) is 13.2 Å². The minimum absolute atomic E-state index is 0.000758. The Morgan fingerprint density at radius 1 is 1.28 bits per heavy atom. The predicted octanol–water partition coefficient (Wildman–Crippen LogP) is 1.16. The van der Waals surface area contributed by atoms with E-state index < -0.39 is 15.9 Å². The Balaban J connectivity index is 2.14. The summed E-state index contributed by atoms with van der Waals surface area (Å²) in [5.74, 6) is -0.186. The summed E-state index contributed by atoms with van der Waals surface area (Å²) < 4.78 is 22.2. The van der Waals surface area contributed by atoms with Gasteiger partial charge in [-0.05, 0) is 31.0 Å². The van der Waals surface area contributed by atoms with Crippen LogP contribution in [0.25, 0.3) is 0 Å². The number of rotatable bonds is 3. The van der Waals surface area contributed by atoms with E-state index in [1.54, 1.807) is 0 Å². The van der Waals surface area contributed by atoms with Gasteiger partial charge in [-0.1, -0.05) is 6.07 Å². The molecule has 5 nitrogen and oxygen atoms in total. The molecule has 1 unspecified atom stereocenters. The quantitative estimate of drug-likeness (QED) is 0.862. The number of fused-ring (bicyclic) bond motifs is 1. The largest absolute Gasteiger partial charge is 0.372 e. The summed E-state index contributed by atoms with van der Waals surface area (Å²) >= 11 is 0. The number of amides is 1. The Morgan fingerprint density at radius 3 is 2.67 bits per heavy atom. The smallest absolute Gasteiger partial charge is 0.246 e. The summed E-state index contributed by atoms with van der Waals surface area (Å²) in [5, 5.41) is 5.86. The monoisotopic (exact) mass is 268 g/mol. The molecular weight excluding hydrogens is 252 g/mol. The van der Waals surface area contributed by atoms with Crippen molar-refractivity contribution in [3.8, 4) is 0 Å². The molecule has 0 saturated carbocycles. The van der Waals surface area contributed by atoms with Crippen LogP contribution in [0.2, 0.25) is 0 Å². The molecule has 0 fully saturated rings. The maximum Gasteiger partial charge on any atom is 0.246 e. The average Bonchev–Trinajstić information content (AvgIpc) is 2.26. The van der Waals surface area contributed by atoms with Crippen molar-refractivity contribution in [1.82, 2.24) is 0 Å². The van der Waals surface area contributed by atoms with Crippen LogP contribution in [-0.2, 0) is 14.6 Å². The Morgan fingerprint density at radius 2 is 2.00 bits per heavy atom. The molecule has 1 aromatic rings. The van der Waals surface area contributed by atoms with Crippen LogP contribution in [0.1, 0.15) is 12.0 Å². The van der Waals surface area contributed by atoms with Gasteiger partial charge in [0.25, 0.3) is 0 Å². The average molecular weight is 268 g/mol. The van der Waals surface area contributed by atoms with Gasteiger partial charge in [-0.15, -0.1) is 0 Å². The van der Waals surface area contributed by atoms with Gasteiger partial charge in [0.2, 0.25) is 5.91 Å². The molecule has 0 radical (unpaired) electrons. The van der Waals surface area contributed by atoms with Crippen molar-refractivity contribution >= 4 is 27.1 Å². The zero-order valence-electron chi connectivity index (χ0n) is 10.4. The van der Waals surface area contributed by atoms with Gasteiger partial charge < -0.3 is 10.6 Å². The summed E-state index contributed by atoms with van der Waals surface area (Å²) in [4.78, 5) is 11.8. The van der Waals surface area contributed by atoms with E-state index in [4.69, 9.17) is 0 Å².